The van der Waals surface area contributed by atoms with Gasteiger partial charge in [0.25, 0.3) is 0 Å². The summed E-state index contributed by atoms with van der Waals surface area (Å²) in [4.78, 5) is 10.4. The molecule has 0 saturated heterocycles. The highest BCUT2D eigenvalue weighted by Crippen LogP contribution is 2.40. The van der Waals surface area contributed by atoms with E-state index in [2.05, 4.69) is 155 Å². The Morgan fingerprint density at radius 2 is 1.14 bits per heavy atom. The van der Waals surface area contributed by atoms with E-state index in [1.807, 2.05) is 24.3 Å². The molecule has 0 saturated carbocycles. The summed E-state index contributed by atoms with van der Waals surface area (Å²) < 4.78 is 2.23. The van der Waals surface area contributed by atoms with Crippen molar-refractivity contribution >= 4 is 65.9 Å². The van der Waals surface area contributed by atoms with Crippen LogP contribution in [-0.4, -0.2) is 16.4 Å². The van der Waals surface area contributed by atoms with Gasteiger partial charge in [0.2, 0.25) is 5.96 Å². The average Bonchev–Trinajstić information content (AvgIpc) is 3.53. The number of aromatic nitrogens is 1. The zero-order valence-electron chi connectivity index (χ0n) is 26.6. The van der Waals surface area contributed by atoms with Crippen LogP contribution in [-0.2, 0) is 0 Å². The van der Waals surface area contributed by atoms with Crippen molar-refractivity contribution in [3.8, 4) is 11.1 Å². The smallest absolute Gasteiger partial charge is 0.234 e. The quantitative estimate of drug-likeness (QED) is 0.195. The van der Waals surface area contributed by atoms with Gasteiger partial charge >= 0.3 is 0 Å². The van der Waals surface area contributed by atoms with Crippen molar-refractivity contribution in [3.05, 3.63) is 181 Å². The molecule has 0 radical (unpaired) electrons. The van der Waals surface area contributed by atoms with Crippen LogP contribution in [0.1, 0.15) is 17.3 Å². The van der Waals surface area contributed by atoms with E-state index in [1.54, 1.807) is 0 Å². The number of amidine groups is 1. The standard InChI is InChI=1S/C45H30N4/c1-3-13-29(14-4-1)43-46-44(30-15-5-2-6-16-30)48-45(47-43)49-40-22-12-11-21-38(40)42-35-25-23-33(27-32(35)24-26-41(42)49)39-28-31-17-7-8-18-34(31)36-19-9-10-20-37(36)39/h1-28,43H,(H,46,47,48). The summed E-state index contributed by atoms with van der Waals surface area (Å²) in [5, 5.41) is 13.5. The predicted octanol–water partition coefficient (Wildman–Crippen LogP) is 10.9. The third-order valence-electron chi connectivity index (χ3n) is 9.82. The number of nitrogens with one attached hydrogen (secondary N) is 1. The van der Waals surface area contributed by atoms with Crippen LogP contribution in [0.15, 0.2) is 180 Å². The summed E-state index contributed by atoms with van der Waals surface area (Å²) in [6.07, 6.45) is -0.278. The molecule has 1 aromatic heterocycles. The zero-order valence-corrected chi connectivity index (χ0v) is 26.6. The van der Waals surface area contributed by atoms with Gasteiger partial charge in [-0.1, -0.05) is 146 Å². The summed E-state index contributed by atoms with van der Waals surface area (Å²) in [5.74, 6) is 1.47. The van der Waals surface area contributed by atoms with Crippen molar-refractivity contribution in [3.63, 3.8) is 0 Å². The molecule has 1 unspecified atom stereocenters. The van der Waals surface area contributed by atoms with Crippen LogP contribution >= 0.6 is 0 Å². The summed E-state index contributed by atoms with van der Waals surface area (Å²) in [7, 11) is 0. The Morgan fingerprint density at radius 1 is 0.469 bits per heavy atom. The third kappa shape index (κ3) is 4.45. The van der Waals surface area contributed by atoms with Gasteiger partial charge in [-0.15, -0.1) is 0 Å². The number of hydrogen-bond donors (Lipinski definition) is 1. The van der Waals surface area contributed by atoms with Crippen LogP contribution < -0.4 is 5.32 Å². The lowest BCUT2D eigenvalue weighted by molar-refractivity contribution is 0.668. The maximum absolute atomic E-state index is 5.24. The van der Waals surface area contributed by atoms with E-state index in [1.165, 1.54) is 54.2 Å². The first-order valence-corrected chi connectivity index (χ1v) is 16.7. The van der Waals surface area contributed by atoms with Crippen LogP contribution in [0.25, 0.3) is 65.3 Å². The van der Waals surface area contributed by atoms with Gasteiger partial charge in [0.05, 0.1) is 11.0 Å². The minimum absolute atomic E-state index is 0.278. The Kier molecular flexibility index (Phi) is 6.21. The molecule has 0 amide bonds. The lowest BCUT2D eigenvalue weighted by Crippen LogP contribution is -2.35. The molecular weight excluding hydrogens is 597 g/mol. The number of rotatable bonds is 3. The summed E-state index contributed by atoms with van der Waals surface area (Å²) in [5.41, 5.74) is 6.74. The number of hydrogen-bond acceptors (Lipinski definition) is 3. The maximum atomic E-state index is 5.24. The van der Waals surface area contributed by atoms with Crippen molar-refractivity contribution in [1.29, 1.82) is 0 Å². The first-order valence-electron chi connectivity index (χ1n) is 16.7. The van der Waals surface area contributed by atoms with Crippen molar-refractivity contribution in [1.82, 2.24) is 9.88 Å². The lowest BCUT2D eigenvalue weighted by Gasteiger charge is -2.24. The van der Waals surface area contributed by atoms with Crippen molar-refractivity contribution in [2.75, 3.05) is 0 Å². The summed E-state index contributed by atoms with van der Waals surface area (Å²) in [6.45, 7) is 0. The average molecular weight is 627 g/mol. The van der Waals surface area contributed by atoms with Gasteiger partial charge in [-0.3, -0.25) is 4.57 Å². The number of para-hydroxylation sites is 1. The number of fused-ring (bicyclic) bond motifs is 8. The number of nitrogens with zero attached hydrogens (tertiary/aromatic N) is 3. The SMILES string of the molecule is c1ccc(C2=NC(n3c4ccccc4c4c5ccc(-c6cc7ccccc7c7ccccc67)cc5ccc43)=NC(c3ccccc3)N2)cc1. The highest BCUT2D eigenvalue weighted by molar-refractivity contribution is 6.25. The van der Waals surface area contributed by atoms with Gasteiger partial charge in [0.15, 0.2) is 0 Å². The fourth-order valence-corrected chi connectivity index (χ4v) is 7.56. The Bertz CT molecular complexity index is 2790. The molecule has 49 heavy (non-hydrogen) atoms. The molecule has 0 fully saturated rings. The molecular formula is C45H30N4. The maximum Gasteiger partial charge on any atom is 0.234 e. The van der Waals surface area contributed by atoms with Crippen LogP contribution in [0.5, 0.6) is 0 Å². The largest absolute Gasteiger partial charge is 0.344 e. The van der Waals surface area contributed by atoms with Crippen LogP contribution in [0.3, 0.4) is 0 Å². The molecule has 2 heterocycles. The van der Waals surface area contributed by atoms with Crippen LogP contribution in [0.2, 0.25) is 0 Å². The monoisotopic (exact) mass is 626 g/mol. The van der Waals surface area contributed by atoms with Gasteiger partial charge in [0, 0.05) is 16.3 Å². The highest BCUT2D eigenvalue weighted by Gasteiger charge is 2.24. The molecule has 0 spiro atoms. The molecule has 0 bridgehead atoms. The van der Waals surface area contributed by atoms with Gasteiger partial charge in [-0.05, 0) is 73.3 Å². The molecule has 10 rings (SSSR count). The molecule has 230 valence electrons. The summed E-state index contributed by atoms with van der Waals surface area (Å²) in [6, 6.07) is 60.5. The molecule has 1 N–H and O–H groups in total. The van der Waals surface area contributed by atoms with E-state index in [0.29, 0.717) is 5.96 Å². The molecule has 4 nitrogen and oxygen atoms in total. The van der Waals surface area contributed by atoms with Gasteiger partial charge in [0.1, 0.15) is 12.0 Å². The Balaban J connectivity index is 1.19. The Hall–Kier alpha value is -6.52. The van der Waals surface area contributed by atoms with Crippen molar-refractivity contribution < 1.29 is 0 Å². The molecule has 4 heteroatoms. The number of benzene rings is 8. The van der Waals surface area contributed by atoms with Crippen LogP contribution in [0.4, 0.5) is 0 Å². The first-order chi connectivity index (χ1) is 24.3. The van der Waals surface area contributed by atoms with Crippen molar-refractivity contribution in [2.24, 2.45) is 9.98 Å². The Morgan fingerprint density at radius 3 is 1.98 bits per heavy atom. The lowest BCUT2D eigenvalue weighted by atomic mass is 9.92. The van der Waals surface area contributed by atoms with Crippen LogP contribution in [0, 0.1) is 0 Å². The second kappa shape index (κ2) is 11.0. The fraction of sp³-hybridized carbons (Fsp3) is 0.0222. The topological polar surface area (TPSA) is 41.7 Å². The van der Waals surface area contributed by atoms with Gasteiger partial charge in [-0.25, -0.2) is 4.99 Å². The van der Waals surface area contributed by atoms with E-state index in [9.17, 15) is 0 Å². The number of aliphatic imine (C=N–C) groups is 2. The molecule has 9 aromatic rings. The molecule has 0 aliphatic carbocycles. The summed E-state index contributed by atoms with van der Waals surface area (Å²) >= 11 is 0. The zero-order chi connectivity index (χ0) is 32.3. The van der Waals surface area contributed by atoms with Gasteiger partial charge in [-0.2, -0.15) is 4.99 Å². The Labute approximate surface area is 283 Å². The normalized spacial score (nSPS) is 14.7. The van der Waals surface area contributed by atoms with E-state index in [0.717, 1.165) is 28.0 Å². The molecule has 1 aliphatic rings. The minimum atomic E-state index is -0.278. The van der Waals surface area contributed by atoms with E-state index < -0.39 is 0 Å². The van der Waals surface area contributed by atoms with Gasteiger partial charge < -0.3 is 5.32 Å². The second-order valence-electron chi connectivity index (χ2n) is 12.7. The third-order valence-corrected chi connectivity index (χ3v) is 9.82. The molecule has 1 aliphatic heterocycles. The minimum Gasteiger partial charge on any atom is -0.344 e. The second-order valence-corrected chi connectivity index (χ2v) is 12.7. The molecule has 8 aromatic carbocycles. The predicted molar refractivity (Wildman–Crippen MR) is 206 cm³/mol. The van der Waals surface area contributed by atoms with E-state index in [-0.39, 0.29) is 6.17 Å². The van der Waals surface area contributed by atoms with E-state index in [4.69, 9.17) is 9.98 Å². The highest BCUT2D eigenvalue weighted by atomic mass is 15.3. The van der Waals surface area contributed by atoms with Crippen molar-refractivity contribution in [2.45, 2.75) is 6.17 Å². The van der Waals surface area contributed by atoms with E-state index >= 15 is 0 Å². The fourth-order valence-electron chi connectivity index (χ4n) is 7.56. The first kappa shape index (κ1) is 27.6. The molecule has 1 atom stereocenters.